The first-order valence-electron chi connectivity index (χ1n) is 9.07. The Hall–Kier alpha value is -2.99. The van der Waals surface area contributed by atoms with E-state index in [2.05, 4.69) is 51.2 Å². The molecule has 4 rings (SSSR count). The fraction of sp³-hybridized carbons (Fsp3) is 0.286. The quantitative estimate of drug-likeness (QED) is 0.838. The highest BCUT2D eigenvalue weighted by atomic mass is 16.5. The second kappa shape index (κ2) is 7.72. The summed E-state index contributed by atoms with van der Waals surface area (Å²) >= 11 is 0. The molecule has 1 unspecified atom stereocenters. The van der Waals surface area contributed by atoms with Gasteiger partial charge in [0.1, 0.15) is 12.1 Å². The molecule has 0 N–H and O–H groups in total. The van der Waals surface area contributed by atoms with Gasteiger partial charge >= 0.3 is 0 Å². The van der Waals surface area contributed by atoms with Gasteiger partial charge in [-0.2, -0.15) is 0 Å². The Kier molecular flexibility index (Phi) is 4.98. The van der Waals surface area contributed by atoms with Gasteiger partial charge in [-0.3, -0.25) is 4.90 Å². The third-order valence-electron chi connectivity index (χ3n) is 4.89. The van der Waals surface area contributed by atoms with Crippen molar-refractivity contribution in [1.82, 2.24) is 19.8 Å². The van der Waals surface area contributed by atoms with Crippen LogP contribution in [0.2, 0.25) is 0 Å². The van der Waals surface area contributed by atoms with Crippen molar-refractivity contribution in [3.05, 3.63) is 72.5 Å². The highest BCUT2D eigenvalue weighted by Gasteiger charge is 2.27. The molecule has 1 atom stereocenters. The van der Waals surface area contributed by atoms with Gasteiger partial charge in [-0.25, -0.2) is 15.0 Å². The molecule has 27 heavy (non-hydrogen) atoms. The smallest absolute Gasteiger partial charge is 0.179 e. The molecule has 2 aliphatic rings. The largest absolute Gasteiger partial charge is 0.496 e. The molecule has 0 aliphatic carbocycles. The van der Waals surface area contributed by atoms with E-state index in [0.717, 1.165) is 42.2 Å². The van der Waals surface area contributed by atoms with Crippen LogP contribution in [0.1, 0.15) is 17.7 Å². The lowest BCUT2D eigenvalue weighted by atomic mass is 10.00. The van der Waals surface area contributed by atoms with Crippen LogP contribution in [-0.4, -0.2) is 59.0 Å². The molecule has 6 heteroatoms. The van der Waals surface area contributed by atoms with E-state index in [4.69, 9.17) is 9.73 Å². The van der Waals surface area contributed by atoms with Crippen molar-refractivity contribution in [3.8, 4) is 5.75 Å². The number of hydrogen-bond acceptors (Lipinski definition) is 6. The van der Waals surface area contributed by atoms with E-state index in [1.54, 1.807) is 19.6 Å². The monoisotopic (exact) mass is 361 g/mol. The van der Waals surface area contributed by atoms with Crippen LogP contribution in [0.25, 0.3) is 5.57 Å². The molecule has 2 aliphatic heterocycles. The van der Waals surface area contributed by atoms with E-state index < -0.39 is 0 Å². The Bertz CT molecular complexity index is 890. The third kappa shape index (κ3) is 3.61. The number of aromatic nitrogens is 2. The zero-order valence-corrected chi connectivity index (χ0v) is 15.6. The van der Waals surface area contributed by atoms with Crippen molar-refractivity contribution in [2.75, 3.05) is 27.2 Å². The Morgan fingerprint density at radius 3 is 2.89 bits per heavy atom. The number of hydrogen-bond donors (Lipinski definition) is 0. The van der Waals surface area contributed by atoms with Gasteiger partial charge in [0.15, 0.2) is 6.29 Å². The Balaban J connectivity index is 1.59. The van der Waals surface area contributed by atoms with Crippen LogP contribution in [0.5, 0.6) is 5.75 Å². The molecule has 0 spiro atoms. The third-order valence-corrected chi connectivity index (χ3v) is 4.89. The van der Waals surface area contributed by atoms with E-state index in [1.165, 1.54) is 5.57 Å². The zero-order chi connectivity index (χ0) is 18.6. The Labute approximate surface area is 159 Å². The standard InChI is InChI=1S/C21H23N5O/c1-25-13-10-19(18-9-11-22-15-23-18)24-21(25)26-12-5-6-16(14-26)17-7-3-4-8-20(17)27-2/h3-4,6-11,13,15,21H,5,12,14H2,1-2H3. The molecule has 138 valence electrons. The molecular formula is C21H23N5O. The van der Waals surface area contributed by atoms with Crippen LogP contribution in [0.4, 0.5) is 0 Å². The maximum absolute atomic E-state index is 5.55. The van der Waals surface area contributed by atoms with Crippen LogP contribution < -0.4 is 4.74 Å². The molecule has 0 saturated heterocycles. The molecule has 6 nitrogen and oxygen atoms in total. The second-order valence-electron chi connectivity index (χ2n) is 6.63. The van der Waals surface area contributed by atoms with Crippen molar-refractivity contribution in [1.29, 1.82) is 0 Å². The highest BCUT2D eigenvalue weighted by Crippen LogP contribution is 2.30. The molecule has 0 bridgehead atoms. The van der Waals surface area contributed by atoms with E-state index in [0.29, 0.717) is 0 Å². The van der Waals surface area contributed by atoms with Crippen LogP contribution in [0.15, 0.2) is 66.2 Å². The normalized spacial score (nSPS) is 20.2. The van der Waals surface area contributed by atoms with Gasteiger partial charge in [0.25, 0.3) is 0 Å². The van der Waals surface area contributed by atoms with Crippen molar-refractivity contribution in [2.45, 2.75) is 12.7 Å². The molecule has 2 aromatic rings. The molecule has 0 saturated carbocycles. The summed E-state index contributed by atoms with van der Waals surface area (Å²) in [7, 11) is 3.78. The van der Waals surface area contributed by atoms with Crippen molar-refractivity contribution in [3.63, 3.8) is 0 Å². The first-order chi connectivity index (χ1) is 13.3. The second-order valence-corrected chi connectivity index (χ2v) is 6.63. The molecule has 1 aromatic heterocycles. The minimum Gasteiger partial charge on any atom is -0.496 e. The van der Waals surface area contributed by atoms with Crippen LogP contribution >= 0.6 is 0 Å². The molecular weight excluding hydrogens is 338 g/mol. The van der Waals surface area contributed by atoms with Crippen molar-refractivity contribution >= 4 is 11.3 Å². The van der Waals surface area contributed by atoms with Crippen LogP contribution in [0.3, 0.4) is 0 Å². The minimum absolute atomic E-state index is 0.0571. The van der Waals surface area contributed by atoms with Crippen LogP contribution in [-0.2, 0) is 0 Å². The first kappa shape index (κ1) is 17.4. The van der Waals surface area contributed by atoms with Gasteiger partial charge < -0.3 is 9.64 Å². The Morgan fingerprint density at radius 1 is 1.19 bits per heavy atom. The summed E-state index contributed by atoms with van der Waals surface area (Å²) in [6.45, 7) is 1.78. The number of aliphatic imine (C=N–C) groups is 1. The van der Waals surface area contributed by atoms with Crippen molar-refractivity contribution in [2.24, 2.45) is 4.99 Å². The predicted molar refractivity (Wildman–Crippen MR) is 106 cm³/mol. The predicted octanol–water partition coefficient (Wildman–Crippen LogP) is 2.81. The topological polar surface area (TPSA) is 53.9 Å². The number of rotatable bonds is 4. The number of nitrogens with zero attached hydrogens (tertiary/aromatic N) is 5. The van der Waals surface area contributed by atoms with E-state index in [-0.39, 0.29) is 6.29 Å². The van der Waals surface area contributed by atoms with Gasteiger partial charge in [-0.05, 0) is 30.2 Å². The average Bonchev–Trinajstić information content (AvgIpc) is 2.75. The maximum Gasteiger partial charge on any atom is 0.179 e. The fourth-order valence-corrected chi connectivity index (χ4v) is 3.53. The van der Waals surface area contributed by atoms with Crippen LogP contribution in [0, 0.1) is 0 Å². The summed E-state index contributed by atoms with van der Waals surface area (Å²) in [4.78, 5) is 17.8. The lowest BCUT2D eigenvalue weighted by molar-refractivity contribution is 0.111. The van der Waals surface area contributed by atoms with Gasteiger partial charge in [-0.15, -0.1) is 0 Å². The first-order valence-corrected chi connectivity index (χ1v) is 9.07. The molecule has 3 heterocycles. The van der Waals surface area contributed by atoms with Crippen molar-refractivity contribution < 1.29 is 4.74 Å². The lowest BCUT2D eigenvalue weighted by Crippen LogP contribution is -2.47. The Morgan fingerprint density at radius 2 is 2.07 bits per heavy atom. The summed E-state index contributed by atoms with van der Waals surface area (Å²) < 4.78 is 5.55. The van der Waals surface area contributed by atoms with Gasteiger partial charge in [-0.1, -0.05) is 24.3 Å². The number of allylic oxidation sites excluding steroid dienone is 1. The lowest BCUT2D eigenvalue weighted by Gasteiger charge is -2.38. The number of methoxy groups -OCH3 is 1. The van der Waals surface area contributed by atoms with Gasteiger partial charge in [0.2, 0.25) is 0 Å². The SMILES string of the molecule is COc1ccccc1C1=CCCN(C2N=C(c3ccncn3)C=CN2C)C1. The molecule has 1 aromatic carbocycles. The summed E-state index contributed by atoms with van der Waals surface area (Å²) in [5.74, 6) is 0.910. The zero-order valence-electron chi connectivity index (χ0n) is 15.6. The maximum atomic E-state index is 5.55. The van der Waals surface area contributed by atoms with E-state index in [9.17, 15) is 0 Å². The molecule has 0 radical (unpaired) electrons. The average molecular weight is 361 g/mol. The van der Waals surface area contributed by atoms with E-state index in [1.807, 2.05) is 24.3 Å². The molecule has 0 amide bonds. The minimum atomic E-state index is -0.0571. The highest BCUT2D eigenvalue weighted by molar-refractivity contribution is 6.07. The summed E-state index contributed by atoms with van der Waals surface area (Å²) in [6, 6.07) is 10.1. The summed E-state index contributed by atoms with van der Waals surface area (Å²) in [5.41, 5.74) is 4.16. The van der Waals surface area contributed by atoms with E-state index >= 15 is 0 Å². The summed E-state index contributed by atoms with van der Waals surface area (Å²) in [5, 5.41) is 0. The summed E-state index contributed by atoms with van der Waals surface area (Å²) in [6.07, 6.45) is 10.6. The number of para-hydroxylation sites is 1. The van der Waals surface area contributed by atoms with Gasteiger partial charge in [0, 0.05) is 38.1 Å². The number of benzene rings is 1. The fourth-order valence-electron chi connectivity index (χ4n) is 3.53. The number of ether oxygens (including phenoxy) is 1. The molecule has 0 fully saturated rings. The van der Waals surface area contributed by atoms with Gasteiger partial charge in [0.05, 0.1) is 18.5 Å².